The average molecular weight is 300 g/mol. The van der Waals surface area contributed by atoms with Gasteiger partial charge in [-0.15, -0.1) is 0 Å². The lowest BCUT2D eigenvalue weighted by Crippen LogP contribution is -2.46. The van der Waals surface area contributed by atoms with Gasteiger partial charge >= 0.3 is 0 Å². The summed E-state index contributed by atoms with van der Waals surface area (Å²) < 4.78 is 2.19. The fourth-order valence-corrected chi connectivity index (χ4v) is 3.54. The molecule has 1 aliphatic heterocycles. The van der Waals surface area contributed by atoms with E-state index in [9.17, 15) is 5.26 Å². The molecule has 0 spiro atoms. The molecule has 1 aromatic heterocycles. The normalized spacial score (nSPS) is 23.4. The summed E-state index contributed by atoms with van der Waals surface area (Å²) in [6, 6.07) is 2.51. The maximum atomic E-state index is 9.25. The molecule has 0 amide bonds. The predicted octanol–water partition coefficient (Wildman–Crippen LogP) is 3.20. The summed E-state index contributed by atoms with van der Waals surface area (Å²) in [5.41, 5.74) is 1.47. The Balaban J connectivity index is 1.59. The van der Waals surface area contributed by atoms with Crippen LogP contribution in [-0.2, 0) is 12.0 Å². The highest BCUT2D eigenvalue weighted by molar-refractivity contribution is 5.12. The third-order valence-electron chi connectivity index (χ3n) is 5.38. The molecular weight excluding hydrogens is 272 g/mol. The molecule has 0 radical (unpaired) electrons. The van der Waals surface area contributed by atoms with Gasteiger partial charge in [-0.25, -0.2) is 0 Å². The Morgan fingerprint density at radius 1 is 1.27 bits per heavy atom. The molecule has 3 rings (SSSR count). The Bertz CT molecular complexity index is 554. The molecule has 1 aliphatic carbocycles. The largest absolute Gasteiger partial charge is 0.302 e. The molecule has 2 fully saturated rings. The summed E-state index contributed by atoms with van der Waals surface area (Å²) >= 11 is 0. The zero-order chi connectivity index (χ0) is 15.8. The van der Waals surface area contributed by atoms with E-state index in [1.54, 1.807) is 0 Å². The van der Waals surface area contributed by atoms with Gasteiger partial charge < -0.3 is 4.90 Å². The number of hydrogen-bond donors (Lipinski definition) is 0. The predicted molar refractivity (Wildman–Crippen MR) is 87.4 cm³/mol. The lowest BCUT2D eigenvalue weighted by molar-refractivity contribution is 0.104. The maximum Gasteiger partial charge on any atom is 0.0703 e. The highest BCUT2D eigenvalue weighted by Crippen LogP contribution is 2.46. The molecule has 0 unspecified atom stereocenters. The first-order valence-electron chi connectivity index (χ1n) is 8.62. The molecule has 2 aliphatic rings. The van der Waals surface area contributed by atoms with Gasteiger partial charge in [0.2, 0.25) is 0 Å². The van der Waals surface area contributed by atoms with Crippen molar-refractivity contribution in [3.8, 4) is 6.07 Å². The standard InChI is InChI=1S/C18H28N4/c1-15(2)10-16-11-20-22(12-16)17(3)6-8-21(9-7-17)14-18(13-19)4-5-18/h11-12,15H,4-10,14H2,1-3H3. The summed E-state index contributed by atoms with van der Waals surface area (Å²) in [7, 11) is 0. The fraction of sp³-hybridized carbons (Fsp3) is 0.778. The summed E-state index contributed by atoms with van der Waals surface area (Å²) in [5, 5.41) is 13.9. The Kier molecular flexibility index (Phi) is 4.03. The summed E-state index contributed by atoms with van der Waals surface area (Å²) in [4.78, 5) is 2.48. The zero-order valence-electron chi connectivity index (χ0n) is 14.2. The quantitative estimate of drug-likeness (QED) is 0.839. The van der Waals surface area contributed by atoms with Crippen LogP contribution in [0.2, 0.25) is 0 Å². The maximum absolute atomic E-state index is 9.25. The van der Waals surface area contributed by atoms with E-state index in [1.165, 1.54) is 5.56 Å². The van der Waals surface area contributed by atoms with Crippen LogP contribution in [-0.4, -0.2) is 34.3 Å². The van der Waals surface area contributed by atoms with Gasteiger partial charge in [0, 0.05) is 25.8 Å². The SMILES string of the molecule is CC(C)Cc1cnn(C2(C)CCN(CC3(C#N)CC3)CC2)c1. The van der Waals surface area contributed by atoms with Gasteiger partial charge in [-0.1, -0.05) is 13.8 Å². The summed E-state index contributed by atoms with van der Waals surface area (Å²) in [6.45, 7) is 9.96. The Labute approximate surface area is 134 Å². The molecular formula is C18H28N4. The van der Waals surface area contributed by atoms with Crippen LogP contribution in [0.5, 0.6) is 0 Å². The third-order valence-corrected chi connectivity index (χ3v) is 5.38. The number of nitrogens with zero attached hydrogens (tertiary/aromatic N) is 4. The molecule has 1 aromatic rings. The highest BCUT2D eigenvalue weighted by Gasteiger charge is 2.45. The van der Waals surface area contributed by atoms with Crippen molar-refractivity contribution in [2.45, 2.75) is 58.4 Å². The second-order valence-corrected chi connectivity index (χ2v) is 8.06. The highest BCUT2D eigenvalue weighted by atomic mass is 15.3. The lowest BCUT2D eigenvalue weighted by Gasteiger charge is -2.40. The Hall–Kier alpha value is -1.34. The van der Waals surface area contributed by atoms with Crippen molar-refractivity contribution in [2.75, 3.05) is 19.6 Å². The van der Waals surface area contributed by atoms with Gasteiger partial charge in [-0.05, 0) is 50.5 Å². The average Bonchev–Trinajstić information content (AvgIpc) is 3.10. The van der Waals surface area contributed by atoms with Crippen molar-refractivity contribution in [2.24, 2.45) is 11.3 Å². The number of rotatable bonds is 5. The van der Waals surface area contributed by atoms with Crippen molar-refractivity contribution >= 4 is 0 Å². The van der Waals surface area contributed by atoms with Crippen molar-refractivity contribution < 1.29 is 0 Å². The van der Waals surface area contributed by atoms with Crippen LogP contribution < -0.4 is 0 Å². The molecule has 0 atom stereocenters. The van der Waals surface area contributed by atoms with Gasteiger partial charge in [0.1, 0.15) is 0 Å². The van der Waals surface area contributed by atoms with Crippen LogP contribution in [0.1, 0.15) is 52.0 Å². The lowest BCUT2D eigenvalue weighted by atomic mass is 9.89. The zero-order valence-corrected chi connectivity index (χ0v) is 14.2. The van der Waals surface area contributed by atoms with Crippen LogP contribution in [0.3, 0.4) is 0 Å². The van der Waals surface area contributed by atoms with Crippen LogP contribution in [0, 0.1) is 22.7 Å². The van der Waals surface area contributed by atoms with E-state index in [0.29, 0.717) is 5.92 Å². The molecule has 0 aromatic carbocycles. The van der Waals surface area contributed by atoms with E-state index >= 15 is 0 Å². The first-order chi connectivity index (χ1) is 10.4. The first kappa shape index (κ1) is 15.6. The number of nitriles is 1. The van der Waals surface area contributed by atoms with Gasteiger partial charge in [0.05, 0.1) is 23.2 Å². The minimum absolute atomic E-state index is 0.0100. The van der Waals surface area contributed by atoms with Crippen LogP contribution >= 0.6 is 0 Å². The monoisotopic (exact) mass is 300 g/mol. The van der Waals surface area contributed by atoms with Gasteiger partial charge in [0.15, 0.2) is 0 Å². The Morgan fingerprint density at radius 2 is 1.95 bits per heavy atom. The minimum Gasteiger partial charge on any atom is -0.302 e. The molecule has 120 valence electrons. The second kappa shape index (κ2) is 5.70. The first-order valence-corrected chi connectivity index (χ1v) is 8.62. The molecule has 1 saturated heterocycles. The topological polar surface area (TPSA) is 44.9 Å². The number of likely N-dealkylation sites (tertiary alicyclic amines) is 1. The molecule has 2 heterocycles. The van der Waals surface area contributed by atoms with Gasteiger partial charge in [-0.2, -0.15) is 10.4 Å². The van der Waals surface area contributed by atoms with Gasteiger partial charge in [-0.3, -0.25) is 4.68 Å². The molecule has 4 nitrogen and oxygen atoms in total. The Morgan fingerprint density at radius 3 is 2.50 bits per heavy atom. The van der Waals surface area contributed by atoms with Crippen molar-refractivity contribution in [3.05, 3.63) is 18.0 Å². The van der Waals surface area contributed by atoms with Gasteiger partial charge in [0.25, 0.3) is 0 Å². The van der Waals surface area contributed by atoms with Crippen LogP contribution in [0.4, 0.5) is 0 Å². The number of aromatic nitrogens is 2. The summed E-state index contributed by atoms with van der Waals surface area (Å²) in [6.07, 6.45) is 9.81. The van der Waals surface area contributed by atoms with E-state index in [1.807, 2.05) is 6.20 Å². The fourth-order valence-electron chi connectivity index (χ4n) is 3.54. The summed E-state index contributed by atoms with van der Waals surface area (Å²) in [5.74, 6) is 0.674. The molecule has 4 heteroatoms. The smallest absolute Gasteiger partial charge is 0.0703 e. The van der Waals surface area contributed by atoms with Crippen molar-refractivity contribution in [1.82, 2.24) is 14.7 Å². The van der Waals surface area contributed by atoms with Crippen LogP contribution in [0.15, 0.2) is 12.4 Å². The minimum atomic E-state index is -0.0100. The van der Waals surface area contributed by atoms with E-state index < -0.39 is 0 Å². The second-order valence-electron chi connectivity index (χ2n) is 8.06. The molecule has 22 heavy (non-hydrogen) atoms. The van der Waals surface area contributed by atoms with E-state index in [-0.39, 0.29) is 11.0 Å². The van der Waals surface area contributed by atoms with E-state index in [2.05, 4.69) is 47.7 Å². The van der Waals surface area contributed by atoms with E-state index in [0.717, 1.165) is 51.7 Å². The van der Waals surface area contributed by atoms with Crippen molar-refractivity contribution in [1.29, 1.82) is 5.26 Å². The van der Waals surface area contributed by atoms with Crippen molar-refractivity contribution in [3.63, 3.8) is 0 Å². The van der Waals surface area contributed by atoms with Crippen LogP contribution in [0.25, 0.3) is 0 Å². The molecule has 0 bridgehead atoms. The van der Waals surface area contributed by atoms with E-state index in [4.69, 9.17) is 0 Å². The molecule has 0 N–H and O–H groups in total. The molecule has 1 saturated carbocycles. The third kappa shape index (κ3) is 3.20. The number of piperidine rings is 1. The number of hydrogen-bond acceptors (Lipinski definition) is 3.